The highest BCUT2D eigenvalue weighted by atomic mass is 16.5. The van der Waals surface area contributed by atoms with Crippen LogP contribution in [0.25, 0.3) is 67.3 Å². The van der Waals surface area contributed by atoms with Crippen molar-refractivity contribution < 1.29 is 24.4 Å². The second-order valence-corrected chi connectivity index (χ2v) is 19.0. The van der Waals surface area contributed by atoms with E-state index in [4.69, 9.17) is 44.3 Å². The summed E-state index contributed by atoms with van der Waals surface area (Å²) >= 11 is 0. The molecule has 8 aromatic heterocycles. The Balaban J connectivity index is 0.864. The fourth-order valence-electron chi connectivity index (χ4n) is 9.08. The lowest BCUT2D eigenvalue weighted by Crippen LogP contribution is -2.29. The summed E-state index contributed by atoms with van der Waals surface area (Å²) in [6.45, 7) is 8.01. The molecular weight excluding hydrogens is 925 g/mol. The van der Waals surface area contributed by atoms with E-state index in [2.05, 4.69) is 51.9 Å². The number of hydrogen-bond acceptors (Lipinski definition) is 15. The summed E-state index contributed by atoms with van der Waals surface area (Å²) in [7, 11) is 3.58. The third-order valence-electron chi connectivity index (χ3n) is 12.9. The molecule has 0 radical (unpaired) electrons. The van der Waals surface area contributed by atoms with E-state index in [-0.39, 0.29) is 25.7 Å². The van der Waals surface area contributed by atoms with Crippen LogP contribution in [-0.4, -0.2) is 117 Å². The number of likely N-dealkylation sites (N-methyl/N-ethyl adjacent to an activating group) is 2. The Kier molecular flexibility index (Phi) is 13.1. The van der Waals surface area contributed by atoms with Crippen LogP contribution in [0.5, 0.6) is 17.2 Å². The monoisotopic (exact) mass is 982 g/mol. The summed E-state index contributed by atoms with van der Waals surface area (Å²) in [5.74, 6) is 3.09. The van der Waals surface area contributed by atoms with Gasteiger partial charge in [-0.1, -0.05) is 26.0 Å². The molecule has 2 atom stereocenters. The molecule has 1 saturated carbocycles. The molecular formula is C54H58N14O5. The molecule has 374 valence electrons. The largest absolute Gasteiger partial charge is 0.491 e. The van der Waals surface area contributed by atoms with Crippen LogP contribution in [0.4, 0.5) is 5.82 Å². The molecule has 0 amide bonds. The highest BCUT2D eigenvalue weighted by Crippen LogP contribution is 2.39. The first kappa shape index (κ1) is 47.4. The maximum atomic E-state index is 10.6. The first-order valence-corrected chi connectivity index (χ1v) is 24.7. The van der Waals surface area contributed by atoms with Gasteiger partial charge in [0.2, 0.25) is 0 Å². The number of aromatic amines is 1. The number of nitrogens with one attached hydrogen (secondary N) is 4. The molecule has 73 heavy (non-hydrogen) atoms. The van der Waals surface area contributed by atoms with Gasteiger partial charge in [-0.15, -0.1) is 0 Å². The van der Waals surface area contributed by atoms with Crippen LogP contribution >= 0.6 is 0 Å². The van der Waals surface area contributed by atoms with Crippen LogP contribution in [0, 0.1) is 6.92 Å². The minimum atomic E-state index is -0.718. The molecule has 6 N–H and O–H groups in total. The third-order valence-corrected chi connectivity index (χ3v) is 12.9. The van der Waals surface area contributed by atoms with Gasteiger partial charge in [0.25, 0.3) is 0 Å². The van der Waals surface area contributed by atoms with Gasteiger partial charge in [0, 0.05) is 77.1 Å². The van der Waals surface area contributed by atoms with Crippen molar-refractivity contribution in [3.05, 3.63) is 126 Å². The fourth-order valence-corrected chi connectivity index (χ4v) is 9.08. The Labute approximate surface area is 420 Å². The average Bonchev–Trinajstić information content (AvgIpc) is 3.72. The number of aryl methyl sites for hydroxylation is 1. The van der Waals surface area contributed by atoms with E-state index < -0.39 is 12.2 Å². The fraction of sp³-hybridized carbons (Fsp3) is 0.315. The molecule has 8 heterocycles. The zero-order chi connectivity index (χ0) is 50.2. The molecule has 11 rings (SSSR count). The van der Waals surface area contributed by atoms with Crippen LogP contribution in [0.3, 0.4) is 0 Å². The van der Waals surface area contributed by atoms with Crippen LogP contribution in [0.2, 0.25) is 0 Å². The normalized spacial score (nSPS) is 13.7. The number of nitrogens with zero attached hydrogens (tertiary/aromatic N) is 10. The van der Waals surface area contributed by atoms with Crippen molar-refractivity contribution in [2.75, 3.05) is 45.7 Å². The number of hydrogen-bond donors (Lipinski definition) is 6. The van der Waals surface area contributed by atoms with E-state index >= 15 is 0 Å². The van der Waals surface area contributed by atoms with Gasteiger partial charge in [0.05, 0.1) is 47.4 Å². The number of anilines is 1. The lowest BCUT2D eigenvalue weighted by atomic mass is 10.1. The van der Waals surface area contributed by atoms with E-state index in [0.717, 1.165) is 91.0 Å². The number of fused-ring (bicyclic) bond motifs is 4. The molecule has 0 aliphatic heterocycles. The molecule has 0 bridgehead atoms. The number of benzene rings is 2. The van der Waals surface area contributed by atoms with Crippen molar-refractivity contribution in [3.63, 3.8) is 0 Å². The van der Waals surface area contributed by atoms with Gasteiger partial charge in [0.1, 0.15) is 66.4 Å². The van der Waals surface area contributed by atoms with Crippen LogP contribution < -0.4 is 30.2 Å². The second kappa shape index (κ2) is 20.3. The van der Waals surface area contributed by atoms with Gasteiger partial charge < -0.3 is 49.8 Å². The predicted molar refractivity (Wildman–Crippen MR) is 279 cm³/mol. The number of aliphatic hydroxyl groups is 2. The van der Waals surface area contributed by atoms with Gasteiger partial charge in [-0.05, 0) is 93.9 Å². The van der Waals surface area contributed by atoms with Crippen LogP contribution in [0.1, 0.15) is 61.0 Å². The van der Waals surface area contributed by atoms with E-state index in [0.29, 0.717) is 60.3 Å². The Morgan fingerprint density at radius 3 is 2.32 bits per heavy atom. The zero-order valence-electron chi connectivity index (χ0n) is 41.4. The number of rotatable bonds is 21. The van der Waals surface area contributed by atoms with Gasteiger partial charge in [0.15, 0.2) is 17.1 Å². The minimum absolute atomic E-state index is 0.0817. The number of pyridine rings is 2. The second-order valence-electron chi connectivity index (χ2n) is 19.0. The summed E-state index contributed by atoms with van der Waals surface area (Å²) < 4.78 is 24.6. The smallest absolute Gasteiger partial charge is 0.164 e. The molecule has 0 spiro atoms. The number of ether oxygens (including phenoxy) is 3. The maximum Gasteiger partial charge on any atom is 0.164 e. The lowest BCUT2D eigenvalue weighted by Gasteiger charge is -2.16. The Morgan fingerprint density at radius 2 is 1.53 bits per heavy atom. The van der Waals surface area contributed by atoms with Crippen molar-refractivity contribution in [2.45, 2.75) is 70.9 Å². The molecule has 2 aromatic carbocycles. The highest BCUT2D eigenvalue weighted by molar-refractivity contribution is 5.88. The van der Waals surface area contributed by atoms with Gasteiger partial charge >= 0.3 is 0 Å². The summed E-state index contributed by atoms with van der Waals surface area (Å²) in [5.41, 5.74) is 10.9. The molecule has 1 aliphatic rings. The molecule has 19 heteroatoms. The minimum Gasteiger partial charge on any atom is -0.491 e. The highest BCUT2D eigenvalue weighted by Gasteiger charge is 2.28. The SMILES string of the molecule is CNCC(O)COc1cc(OCc2cc(C)c3nc(CNc4nc(-c5cccc(OCC(O)CNC)c5)nc5c4cnn5C4CC4)cn3c2)cc(-c2cc(-c3cnc4[nH]ccc4c3)n3ncc(C(C)C)c3n2)c1. The Bertz CT molecular complexity index is 3600. The van der Waals surface area contributed by atoms with Gasteiger partial charge in [-0.2, -0.15) is 10.2 Å². The third kappa shape index (κ3) is 10.1. The van der Waals surface area contributed by atoms with Gasteiger partial charge in [-0.25, -0.2) is 34.1 Å². The molecule has 0 saturated heterocycles. The number of H-pyrrole nitrogens is 1. The Morgan fingerprint density at radius 1 is 0.753 bits per heavy atom. The number of imidazole rings is 1. The summed E-state index contributed by atoms with van der Waals surface area (Å²) in [6, 6.07) is 21.9. The van der Waals surface area contributed by atoms with Crippen molar-refractivity contribution in [2.24, 2.45) is 0 Å². The maximum absolute atomic E-state index is 10.6. The lowest BCUT2D eigenvalue weighted by molar-refractivity contribution is 0.108. The number of aromatic nitrogens is 11. The molecule has 1 fully saturated rings. The standard InChI is InChI=1S/C54H58N14O5/c1-31(2)45-24-61-68-48(37-14-35-11-12-57-49(35)58-20-37)19-47(63-53(45)68)36-16-43(18-44(17-36)73-30-41(70)23-56-5)71-28-33-13-32(3)52-62-38(27-66(52)26-33)21-59-51-46-25-60-67(39-9-10-39)54(46)65-50(64-51)34-7-6-8-42(15-34)72-29-40(69)22-55-4/h6-8,11-20,24-27,31,39-41,55-56,69-70H,9-10,21-23,28-30H2,1-5H3,(H,57,58)(H,59,64,65). The van der Waals surface area contributed by atoms with Crippen molar-refractivity contribution in [1.29, 1.82) is 0 Å². The predicted octanol–water partition coefficient (Wildman–Crippen LogP) is 7.27. The number of aliphatic hydroxyl groups excluding tert-OH is 2. The average molecular weight is 983 g/mol. The van der Waals surface area contributed by atoms with E-state index in [1.54, 1.807) is 14.1 Å². The topological polar surface area (TPSA) is 224 Å². The molecule has 1 aliphatic carbocycles. The Hall–Kier alpha value is -7.97. The zero-order valence-corrected chi connectivity index (χ0v) is 41.4. The van der Waals surface area contributed by atoms with Crippen molar-refractivity contribution >= 4 is 39.2 Å². The van der Waals surface area contributed by atoms with Crippen LogP contribution in [-0.2, 0) is 13.2 Å². The quantitative estimate of drug-likeness (QED) is 0.0417. The van der Waals surface area contributed by atoms with Crippen LogP contribution in [0.15, 0.2) is 104 Å². The molecule has 10 aromatic rings. The first-order valence-electron chi connectivity index (χ1n) is 24.7. The van der Waals surface area contributed by atoms with E-state index in [1.165, 1.54) is 0 Å². The van der Waals surface area contributed by atoms with E-state index in [9.17, 15) is 10.2 Å². The van der Waals surface area contributed by atoms with Crippen molar-refractivity contribution in [3.8, 4) is 51.2 Å². The first-order chi connectivity index (χ1) is 35.6. The summed E-state index contributed by atoms with van der Waals surface area (Å²) in [6.07, 6.45) is 12.3. The summed E-state index contributed by atoms with van der Waals surface area (Å²) in [4.78, 5) is 28.1. The van der Waals surface area contributed by atoms with Crippen molar-refractivity contribution in [1.82, 2.24) is 64.3 Å². The van der Waals surface area contributed by atoms with E-state index in [1.807, 2.05) is 112 Å². The molecule has 2 unspecified atom stereocenters. The van der Waals surface area contributed by atoms with Gasteiger partial charge in [-0.3, -0.25) is 0 Å². The molecule has 19 nitrogen and oxygen atoms in total. The summed E-state index contributed by atoms with van der Waals surface area (Å²) in [5, 5.41) is 41.7.